The van der Waals surface area contributed by atoms with Crippen LogP contribution in [0.5, 0.6) is 0 Å². The summed E-state index contributed by atoms with van der Waals surface area (Å²) in [5.74, 6) is 2.17. The van der Waals surface area contributed by atoms with Gasteiger partial charge in [0.05, 0.1) is 0 Å². The Morgan fingerprint density at radius 1 is 0.714 bits per heavy atom. The number of hydrogen-bond donors (Lipinski definition) is 0. The molecular weight excluding hydrogens is 252 g/mol. The van der Waals surface area contributed by atoms with Crippen molar-refractivity contribution in [2.24, 2.45) is 22.7 Å². The summed E-state index contributed by atoms with van der Waals surface area (Å²) < 4.78 is 0. The molecule has 0 aromatic heterocycles. The highest BCUT2D eigenvalue weighted by atomic mass is 14.5. The molecule has 2 spiro atoms. The van der Waals surface area contributed by atoms with Gasteiger partial charge in [-0.05, 0) is 93.3 Å². The SMILES string of the molecule is [CH]1CCC2(CCCCC2)C(C2CCC3(CCCCC3)C2)C1. The van der Waals surface area contributed by atoms with Crippen molar-refractivity contribution < 1.29 is 0 Å². The Hall–Kier alpha value is 0. The van der Waals surface area contributed by atoms with Crippen molar-refractivity contribution in [3.8, 4) is 0 Å². The molecule has 0 aromatic carbocycles. The van der Waals surface area contributed by atoms with Crippen LogP contribution in [0.2, 0.25) is 0 Å². The van der Waals surface area contributed by atoms with E-state index >= 15 is 0 Å². The average molecular weight is 288 g/mol. The number of rotatable bonds is 1. The van der Waals surface area contributed by atoms with Crippen molar-refractivity contribution >= 4 is 0 Å². The Kier molecular flexibility index (Phi) is 4.09. The zero-order valence-corrected chi connectivity index (χ0v) is 14.0. The molecule has 4 saturated carbocycles. The van der Waals surface area contributed by atoms with Crippen molar-refractivity contribution in [1.82, 2.24) is 0 Å². The normalized spacial score (nSPS) is 38.9. The predicted molar refractivity (Wildman–Crippen MR) is 90.0 cm³/mol. The van der Waals surface area contributed by atoms with Gasteiger partial charge in [-0.25, -0.2) is 0 Å². The quantitative estimate of drug-likeness (QED) is 0.504. The van der Waals surface area contributed by atoms with Gasteiger partial charge in [-0.2, -0.15) is 0 Å². The Labute approximate surface area is 132 Å². The molecule has 4 fully saturated rings. The summed E-state index contributed by atoms with van der Waals surface area (Å²) in [7, 11) is 0. The molecule has 0 amide bonds. The third-order valence-electron chi connectivity index (χ3n) is 8.13. The van der Waals surface area contributed by atoms with Crippen LogP contribution >= 0.6 is 0 Å². The monoisotopic (exact) mass is 287 g/mol. The molecule has 0 nitrogen and oxygen atoms in total. The second-order valence-electron chi connectivity index (χ2n) is 9.16. The van der Waals surface area contributed by atoms with Crippen LogP contribution in [0.4, 0.5) is 0 Å². The van der Waals surface area contributed by atoms with E-state index in [9.17, 15) is 0 Å². The van der Waals surface area contributed by atoms with E-state index in [4.69, 9.17) is 0 Å². The molecule has 0 aromatic rings. The van der Waals surface area contributed by atoms with E-state index in [1.165, 1.54) is 51.4 Å². The third-order valence-corrected chi connectivity index (χ3v) is 8.13. The van der Waals surface area contributed by atoms with Crippen LogP contribution < -0.4 is 0 Å². The van der Waals surface area contributed by atoms with Gasteiger partial charge < -0.3 is 0 Å². The largest absolute Gasteiger partial charge is 0.0533 e. The molecule has 0 heterocycles. The fourth-order valence-electron chi connectivity index (χ4n) is 7.04. The standard InChI is InChI=1S/C21H35/c1-4-11-20(12-5-1)16-10-18(17-20)19-9-3-8-15-21(19)13-6-2-7-14-21/h3,18-19H,1-2,4-17H2. The highest BCUT2D eigenvalue weighted by molar-refractivity contribution is 5.02. The molecule has 2 atom stereocenters. The van der Waals surface area contributed by atoms with E-state index in [1.807, 2.05) is 0 Å². The van der Waals surface area contributed by atoms with Gasteiger partial charge in [0.1, 0.15) is 0 Å². The lowest BCUT2D eigenvalue weighted by atomic mass is 9.55. The maximum Gasteiger partial charge on any atom is -0.0266 e. The van der Waals surface area contributed by atoms with Crippen LogP contribution in [0.3, 0.4) is 0 Å². The number of hydrogen-bond acceptors (Lipinski definition) is 0. The maximum absolute atomic E-state index is 2.66. The van der Waals surface area contributed by atoms with E-state index in [-0.39, 0.29) is 0 Å². The molecular formula is C21H35. The summed E-state index contributed by atoms with van der Waals surface area (Å²) >= 11 is 0. The van der Waals surface area contributed by atoms with Crippen molar-refractivity contribution in [3.05, 3.63) is 6.42 Å². The van der Waals surface area contributed by atoms with Gasteiger partial charge in [-0.15, -0.1) is 0 Å². The van der Waals surface area contributed by atoms with Crippen LogP contribution in [0.1, 0.15) is 103 Å². The molecule has 21 heavy (non-hydrogen) atoms. The Morgan fingerprint density at radius 3 is 2.19 bits per heavy atom. The van der Waals surface area contributed by atoms with E-state index in [2.05, 4.69) is 6.42 Å². The van der Waals surface area contributed by atoms with Crippen LogP contribution in [0, 0.1) is 29.1 Å². The van der Waals surface area contributed by atoms with E-state index < -0.39 is 0 Å². The van der Waals surface area contributed by atoms with Gasteiger partial charge in [-0.1, -0.05) is 38.5 Å². The van der Waals surface area contributed by atoms with Gasteiger partial charge in [0.2, 0.25) is 0 Å². The summed E-state index contributed by atoms with van der Waals surface area (Å²) in [6.07, 6.45) is 27.4. The lowest BCUT2D eigenvalue weighted by Crippen LogP contribution is -2.40. The van der Waals surface area contributed by atoms with E-state index in [0.717, 1.165) is 22.7 Å². The van der Waals surface area contributed by atoms with Crippen LogP contribution in [-0.4, -0.2) is 0 Å². The van der Waals surface area contributed by atoms with Crippen LogP contribution in [0.15, 0.2) is 0 Å². The summed E-state index contributed by atoms with van der Waals surface area (Å²) in [5, 5.41) is 0. The van der Waals surface area contributed by atoms with Crippen molar-refractivity contribution in [2.45, 2.75) is 103 Å². The molecule has 4 rings (SSSR count). The lowest BCUT2D eigenvalue weighted by molar-refractivity contribution is 0.0211. The summed E-state index contributed by atoms with van der Waals surface area (Å²) in [6.45, 7) is 0. The second kappa shape index (κ2) is 5.89. The molecule has 4 aliphatic rings. The van der Waals surface area contributed by atoms with E-state index in [0.29, 0.717) is 0 Å². The van der Waals surface area contributed by atoms with Crippen LogP contribution in [0.25, 0.3) is 0 Å². The smallest absolute Gasteiger partial charge is 0.0266 e. The Balaban J connectivity index is 1.49. The molecule has 0 bridgehead atoms. The first-order valence-electron chi connectivity index (χ1n) is 10.1. The minimum Gasteiger partial charge on any atom is -0.0533 e. The summed E-state index contributed by atoms with van der Waals surface area (Å²) in [4.78, 5) is 0. The minimum absolute atomic E-state index is 0.790. The zero-order chi connectivity index (χ0) is 14.2. The van der Waals surface area contributed by atoms with Crippen LogP contribution in [-0.2, 0) is 0 Å². The van der Waals surface area contributed by atoms with Gasteiger partial charge in [0.25, 0.3) is 0 Å². The molecule has 4 aliphatic carbocycles. The first-order chi connectivity index (χ1) is 10.3. The molecule has 1 radical (unpaired) electrons. The summed E-state index contributed by atoms with van der Waals surface area (Å²) in [5.41, 5.74) is 1.61. The highest BCUT2D eigenvalue weighted by Crippen LogP contribution is 2.60. The molecule has 0 N–H and O–H groups in total. The minimum atomic E-state index is 0.790. The molecule has 0 heteroatoms. The Morgan fingerprint density at radius 2 is 1.43 bits per heavy atom. The van der Waals surface area contributed by atoms with Crippen molar-refractivity contribution in [3.63, 3.8) is 0 Å². The van der Waals surface area contributed by atoms with Crippen molar-refractivity contribution in [2.75, 3.05) is 0 Å². The average Bonchev–Trinajstić information content (AvgIpc) is 2.92. The fourth-order valence-corrected chi connectivity index (χ4v) is 7.04. The van der Waals surface area contributed by atoms with Gasteiger partial charge in [0.15, 0.2) is 0 Å². The summed E-state index contributed by atoms with van der Waals surface area (Å²) in [6, 6.07) is 0. The molecule has 0 aliphatic heterocycles. The fraction of sp³-hybridized carbons (Fsp3) is 0.952. The topological polar surface area (TPSA) is 0 Å². The predicted octanol–water partition coefficient (Wildman–Crippen LogP) is 6.69. The molecule has 0 saturated heterocycles. The highest BCUT2D eigenvalue weighted by Gasteiger charge is 2.49. The lowest BCUT2D eigenvalue weighted by Gasteiger charge is -2.50. The van der Waals surface area contributed by atoms with Gasteiger partial charge in [-0.3, -0.25) is 0 Å². The third kappa shape index (κ3) is 2.70. The van der Waals surface area contributed by atoms with Crippen molar-refractivity contribution in [1.29, 1.82) is 0 Å². The zero-order valence-electron chi connectivity index (χ0n) is 14.0. The maximum atomic E-state index is 2.66. The van der Waals surface area contributed by atoms with E-state index in [1.54, 1.807) is 51.4 Å². The second-order valence-corrected chi connectivity index (χ2v) is 9.16. The van der Waals surface area contributed by atoms with Gasteiger partial charge in [0, 0.05) is 0 Å². The first kappa shape index (κ1) is 14.6. The van der Waals surface area contributed by atoms with Gasteiger partial charge >= 0.3 is 0 Å². The molecule has 2 unspecified atom stereocenters. The molecule has 119 valence electrons. The Bertz CT molecular complexity index is 335. The first-order valence-corrected chi connectivity index (χ1v) is 10.1.